The third-order valence-electron chi connectivity index (χ3n) is 1.54. The van der Waals surface area contributed by atoms with Crippen molar-refractivity contribution in [3.63, 3.8) is 0 Å². The molecule has 66 valence electrons. The largest absolute Gasteiger partial charge is 0.380 e. The Morgan fingerprint density at radius 2 is 2.09 bits per heavy atom. The zero-order valence-corrected chi connectivity index (χ0v) is 6.84. The smallest absolute Gasteiger partial charge is 0.146 e. The van der Waals surface area contributed by atoms with E-state index in [9.17, 15) is 0 Å². The summed E-state index contributed by atoms with van der Waals surface area (Å²) in [4.78, 5) is 0. The van der Waals surface area contributed by atoms with Crippen molar-refractivity contribution in [3.05, 3.63) is 0 Å². The first-order valence-electron chi connectivity index (χ1n) is 3.79. The van der Waals surface area contributed by atoms with E-state index < -0.39 is 5.54 Å². The van der Waals surface area contributed by atoms with Gasteiger partial charge in [0, 0.05) is 6.61 Å². The highest BCUT2D eigenvalue weighted by Gasteiger charge is 2.29. The summed E-state index contributed by atoms with van der Waals surface area (Å²) in [5.74, 6) is 0. The van der Waals surface area contributed by atoms with Crippen LogP contribution >= 0.6 is 0 Å². The Hall–Kier alpha value is -0.160. The van der Waals surface area contributed by atoms with Gasteiger partial charge in [0.05, 0.1) is 25.4 Å². The molecule has 1 heterocycles. The highest BCUT2D eigenvalue weighted by Crippen LogP contribution is 2.08. The first-order chi connectivity index (χ1) is 5.27. The van der Waals surface area contributed by atoms with Gasteiger partial charge in [-0.25, -0.2) is 0 Å². The molecule has 0 bridgehead atoms. The van der Waals surface area contributed by atoms with Gasteiger partial charge in [0.25, 0.3) is 0 Å². The topological polar surface area (TPSA) is 53.7 Å². The molecule has 1 fully saturated rings. The lowest BCUT2D eigenvalue weighted by Gasteiger charge is -2.32. The van der Waals surface area contributed by atoms with Gasteiger partial charge in [0.1, 0.15) is 6.79 Å². The highest BCUT2D eigenvalue weighted by molar-refractivity contribution is 4.84. The van der Waals surface area contributed by atoms with Crippen LogP contribution in [0.2, 0.25) is 0 Å². The molecular formula is C7H15NO3. The monoisotopic (exact) mass is 161 g/mol. The summed E-state index contributed by atoms with van der Waals surface area (Å²) in [6, 6.07) is 0. The van der Waals surface area contributed by atoms with Crippen LogP contribution in [0.5, 0.6) is 0 Å². The van der Waals surface area contributed by atoms with E-state index in [1.54, 1.807) is 0 Å². The quantitative estimate of drug-likeness (QED) is 0.618. The minimum atomic E-state index is -0.436. The van der Waals surface area contributed by atoms with Gasteiger partial charge in [0.2, 0.25) is 0 Å². The lowest BCUT2D eigenvalue weighted by molar-refractivity contribution is -0.148. The average Bonchev–Trinajstić information content (AvgIpc) is 2.03. The molecule has 1 rings (SSSR count). The first kappa shape index (κ1) is 8.93. The Balaban J connectivity index is 2.25. The second-order valence-corrected chi connectivity index (χ2v) is 2.81. The van der Waals surface area contributed by atoms with Crippen LogP contribution in [-0.4, -0.2) is 38.8 Å². The van der Waals surface area contributed by atoms with E-state index in [4.69, 9.17) is 19.9 Å². The van der Waals surface area contributed by atoms with Crippen molar-refractivity contribution in [3.8, 4) is 0 Å². The van der Waals surface area contributed by atoms with Crippen LogP contribution in [0.25, 0.3) is 0 Å². The molecule has 0 aromatic heterocycles. The highest BCUT2D eigenvalue weighted by atomic mass is 16.7. The molecular weight excluding hydrogens is 146 g/mol. The number of hydrogen-bond donors (Lipinski definition) is 1. The molecule has 0 aromatic rings. The van der Waals surface area contributed by atoms with Crippen molar-refractivity contribution in [2.45, 2.75) is 12.5 Å². The average molecular weight is 161 g/mol. The molecule has 0 unspecified atom stereocenters. The Labute approximate surface area is 66.6 Å². The molecule has 0 aromatic carbocycles. The van der Waals surface area contributed by atoms with E-state index in [0.29, 0.717) is 33.2 Å². The first-order valence-corrected chi connectivity index (χ1v) is 3.79. The molecule has 0 radical (unpaired) electrons. The number of hydrogen-bond acceptors (Lipinski definition) is 4. The van der Waals surface area contributed by atoms with Crippen molar-refractivity contribution >= 4 is 0 Å². The molecule has 1 aliphatic rings. The molecule has 1 aliphatic heterocycles. The number of ether oxygens (including phenoxy) is 3. The minimum absolute atomic E-state index is 0.352. The lowest BCUT2D eigenvalue weighted by Crippen LogP contribution is -2.55. The van der Waals surface area contributed by atoms with Crippen molar-refractivity contribution < 1.29 is 14.2 Å². The normalized spacial score (nSPS) is 23.5. The molecule has 0 saturated carbocycles. The van der Waals surface area contributed by atoms with E-state index in [1.807, 2.05) is 6.92 Å². The van der Waals surface area contributed by atoms with E-state index in [0.717, 1.165) is 0 Å². The third kappa shape index (κ3) is 2.75. The summed E-state index contributed by atoms with van der Waals surface area (Å²) >= 11 is 0. The summed E-state index contributed by atoms with van der Waals surface area (Å²) in [5, 5.41) is 0. The van der Waals surface area contributed by atoms with Crippen LogP contribution in [-0.2, 0) is 14.2 Å². The minimum Gasteiger partial charge on any atom is -0.380 e. The summed E-state index contributed by atoms with van der Waals surface area (Å²) in [6.07, 6.45) is 0. The Bertz CT molecular complexity index is 112. The molecule has 0 spiro atoms. The second kappa shape index (κ2) is 4.01. The van der Waals surface area contributed by atoms with Gasteiger partial charge >= 0.3 is 0 Å². The predicted octanol–water partition coefficient (Wildman–Crippen LogP) is -0.275. The lowest BCUT2D eigenvalue weighted by atomic mass is 10.1. The molecule has 11 heavy (non-hydrogen) atoms. The van der Waals surface area contributed by atoms with Gasteiger partial charge in [-0.05, 0) is 6.92 Å². The van der Waals surface area contributed by atoms with Crippen LogP contribution in [0.15, 0.2) is 0 Å². The maximum Gasteiger partial charge on any atom is 0.146 e. The molecule has 2 N–H and O–H groups in total. The van der Waals surface area contributed by atoms with Crippen LogP contribution in [0.1, 0.15) is 6.92 Å². The second-order valence-electron chi connectivity index (χ2n) is 2.81. The summed E-state index contributed by atoms with van der Waals surface area (Å²) < 4.78 is 15.3. The van der Waals surface area contributed by atoms with Gasteiger partial charge < -0.3 is 19.9 Å². The Morgan fingerprint density at radius 1 is 1.45 bits per heavy atom. The van der Waals surface area contributed by atoms with Crippen molar-refractivity contribution in [2.75, 3.05) is 33.2 Å². The van der Waals surface area contributed by atoms with Crippen molar-refractivity contribution in [1.29, 1.82) is 0 Å². The molecule has 4 nitrogen and oxygen atoms in total. The molecule has 0 aliphatic carbocycles. The summed E-state index contributed by atoms with van der Waals surface area (Å²) in [7, 11) is 0. The van der Waals surface area contributed by atoms with Crippen LogP contribution in [0.3, 0.4) is 0 Å². The standard InChI is InChI=1S/C7H15NO3/c1-2-9-3-7(8)4-10-6-11-5-7/h2-6,8H2,1H3. The third-order valence-corrected chi connectivity index (χ3v) is 1.54. The summed E-state index contributed by atoms with van der Waals surface area (Å²) in [6.45, 7) is 4.52. The van der Waals surface area contributed by atoms with Crippen molar-refractivity contribution in [2.24, 2.45) is 5.73 Å². The number of rotatable bonds is 3. The zero-order valence-electron chi connectivity index (χ0n) is 6.84. The van der Waals surface area contributed by atoms with Crippen LogP contribution < -0.4 is 5.73 Å². The van der Waals surface area contributed by atoms with E-state index >= 15 is 0 Å². The maximum atomic E-state index is 5.87. The van der Waals surface area contributed by atoms with E-state index in [1.165, 1.54) is 0 Å². The van der Waals surface area contributed by atoms with Gasteiger partial charge in [-0.2, -0.15) is 0 Å². The van der Waals surface area contributed by atoms with Gasteiger partial charge in [-0.3, -0.25) is 0 Å². The fourth-order valence-electron chi connectivity index (χ4n) is 0.979. The van der Waals surface area contributed by atoms with E-state index in [-0.39, 0.29) is 0 Å². The van der Waals surface area contributed by atoms with Crippen LogP contribution in [0, 0.1) is 0 Å². The van der Waals surface area contributed by atoms with Gasteiger partial charge in [0.15, 0.2) is 0 Å². The maximum absolute atomic E-state index is 5.87. The van der Waals surface area contributed by atoms with Gasteiger partial charge in [-0.1, -0.05) is 0 Å². The fourth-order valence-corrected chi connectivity index (χ4v) is 0.979. The SMILES string of the molecule is CCOCC1(N)COCOC1. The zero-order chi connectivity index (χ0) is 8.16. The molecule has 0 atom stereocenters. The van der Waals surface area contributed by atoms with Crippen molar-refractivity contribution in [1.82, 2.24) is 0 Å². The summed E-state index contributed by atoms with van der Waals surface area (Å²) in [5.41, 5.74) is 5.43. The van der Waals surface area contributed by atoms with Gasteiger partial charge in [-0.15, -0.1) is 0 Å². The molecule has 0 amide bonds. The predicted molar refractivity (Wildman–Crippen MR) is 40.2 cm³/mol. The molecule has 4 heteroatoms. The Morgan fingerprint density at radius 3 is 2.64 bits per heavy atom. The Kier molecular flexibility index (Phi) is 3.26. The molecule has 1 saturated heterocycles. The number of nitrogens with two attached hydrogens (primary N) is 1. The fraction of sp³-hybridized carbons (Fsp3) is 1.00. The van der Waals surface area contributed by atoms with Crippen LogP contribution in [0.4, 0.5) is 0 Å². The van der Waals surface area contributed by atoms with E-state index in [2.05, 4.69) is 0 Å².